The maximum absolute atomic E-state index is 6.26. The molecule has 0 aromatic rings. The van der Waals surface area contributed by atoms with E-state index in [0.717, 1.165) is 0 Å². The van der Waals surface area contributed by atoms with Gasteiger partial charge in [0.2, 0.25) is 11.6 Å². The minimum Gasteiger partial charge on any atom is -0.374 e. The standard InChI is InChI=1S/C4H4N4/c1-7-3(5)4(6)8-2/h5-6H2/b4-3+. The van der Waals surface area contributed by atoms with Gasteiger partial charge in [-0.1, -0.05) is 13.1 Å². The highest BCUT2D eigenvalue weighted by molar-refractivity contribution is 5.18. The first-order valence-corrected chi connectivity index (χ1v) is 1.72. The van der Waals surface area contributed by atoms with E-state index in [2.05, 4.69) is 9.69 Å². The van der Waals surface area contributed by atoms with Crippen molar-refractivity contribution in [1.29, 1.82) is 0 Å². The Bertz CT molecular complexity index is 167. The molecule has 0 aromatic heterocycles. The highest BCUT2D eigenvalue weighted by atomic mass is 15.0. The average molecular weight is 108 g/mol. The summed E-state index contributed by atoms with van der Waals surface area (Å²) in [4.78, 5) is 5.46. The van der Waals surface area contributed by atoms with E-state index >= 15 is 0 Å². The van der Waals surface area contributed by atoms with Crippen LogP contribution in [0.1, 0.15) is 0 Å². The van der Waals surface area contributed by atoms with E-state index < -0.39 is 0 Å². The van der Waals surface area contributed by atoms with E-state index in [1.807, 2.05) is 0 Å². The lowest BCUT2D eigenvalue weighted by Gasteiger charge is -1.88. The highest BCUT2D eigenvalue weighted by Gasteiger charge is 1.88. The second kappa shape index (κ2) is 2.49. The van der Waals surface area contributed by atoms with Crippen LogP contribution >= 0.6 is 0 Å². The molecule has 0 rings (SSSR count). The predicted octanol–water partition coefficient (Wildman–Crippen LogP) is -0.131. The van der Waals surface area contributed by atoms with Crippen LogP contribution in [0.15, 0.2) is 11.6 Å². The van der Waals surface area contributed by atoms with Crippen LogP contribution in [0.4, 0.5) is 0 Å². The van der Waals surface area contributed by atoms with Crippen molar-refractivity contribution < 1.29 is 0 Å². The Morgan fingerprint density at radius 2 is 1.25 bits per heavy atom. The fourth-order valence-corrected chi connectivity index (χ4v) is 0.115. The first-order chi connectivity index (χ1) is 3.72. The first-order valence-electron chi connectivity index (χ1n) is 1.72. The van der Waals surface area contributed by atoms with Crippen LogP contribution in [0.5, 0.6) is 0 Å². The van der Waals surface area contributed by atoms with Crippen molar-refractivity contribution in [3.63, 3.8) is 0 Å². The summed E-state index contributed by atoms with van der Waals surface area (Å²) in [6.45, 7) is 12.5. The van der Waals surface area contributed by atoms with Gasteiger partial charge in [-0.3, -0.25) is 0 Å². The lowest BCUT2D eigenvalue weighted by molar-refractivity contribution is 1.27. The van der Waals surface area contributed by atoms with Crippen molar-refractivity contribution in [3.05, 3.63) is 34.5 Å². The molecule has 0 bridgehead atoms. The summed E-state index contributed by atoms with van der Waals surface area (Å²) in [5, 5.41) is 0. The van der Waals surface area contributed by atoms with Gasteiger partial charge in [0, 0.05) is 0 Å². The van der Waals surface area contributed by atoms with Crippen molar-refractivity contribution in [3.8, 4) is 0 Å². The molecule has 0 spiro atoms. The van der Waals surface area contributed by atoms with Gasteiger partial charge in [0.25, 0.3) is 0 Å². The zero-order valence-electron chi connectivity index (χ0n) is 4.05. The summed E-state index contributed by atoms with van der Waals surface area (Å²) in [5.41, 5.74) is 9.83. The molecule has 40 valence electrons. The van der Waals surface area contributed by atoms with Gasteiger partial charge >= 0.3 is 0 Å². The van der Waals surface area contributed by atoms with Crippen molar-refractivity contribution in [2.45, 2.75) is 0 Å². The minimum atomic E-state index is -0.236. The third-order valence-corrected chi connectivity index (χ3v) is 0.503. The molecule has 0 saturated heterocycles. The molecule has 4 nitrogen and oxygen atoms in total. The number of nitrogens with two attached hydrogens (primary N) is 2. The fourth-order valence-electron chi connectivity index (χ4n) is 0.115. The normalized spacial score (nSPS) is 10.8. The summed E-state index contributed by atoms with van der Waals surface area (Å²) >= 11 is 0. The Morgan fingerprint density at radius 1 is 1.00 bits per heavy atom. The second-order valence-corrected chi connectivity index (χ2v) is 0.994. The molecular formula is C4H4N4. The molecule has 4 heteroatoms. The largest absolute Gasteiger partial charge is 0.374 e. The molecule has 0 saturated carbocycles. The van der Waals surface area contributed by atoms with Gasteiger partial charge in [0.15, 0.2) is 0 Å². The SMILES string of the molecule is [C-]#[N+]/C(N)=C(\N)[N+]#[C-]. The Morgan fingerprint density at radius 3 is 1.38 bits per heavy atom. The fraction of sp³-hybridized carbons (Fsp3) is 0. The molecule has 0 amide bonds. The van der Waals surface area contributed by atoms with Gasteiger partial charge in [-0.15, -0.1) is 0 Å². The van der Waals surface area contributed by atoms with Crippen LogP contribution in [0.25, 0.3) is 9.69 Å². The third-order valence-electron chi connectivity index (χ3n) is 0.503. The maximum Gasteiger partial charge on any atom is 0.240 e. The molecule has 0 fully saturated rings. The van der Waals surface area contributed by atoms with Gasteiger partial charge in [0.1, 0.15) is 0 Å². The number of hydrogen-bond donors (Lipinski definition) is 2. The molecule has 0 aliphatic carbocycles. The molecule has 4 N–H and O–H groups in total. The average Bonchev–Trinajstić information content (AvgIpc) is 1.84. The second-order valence-electron chi connectivity index (χ2n) is 0.994. The lowest BCUT2D eigenvalue weighted by atomic mass is 10.7. The summed E-state index contributed by atoms with van der Waals surface area (Å²) in [5.74, 6) is -0.472. The predicted molar refractivity (Wildman–Crippen MR) is 28.6 cm³/mol. The lowest BCUT2D eigenvalue weighted by Crippen LogP contribution is -2.02. The van der Waals surface area contributed by atoms with E-state index in [1.54, 1.807) is 0 Å². The van der Waals surface area contributed by atoms with Gasteiger partial charge in [-0.05, 0) is 0 Å². The van der Waals surface area contributed by atoms with Crippen molar-refractivity contribution >= 4 is 0 Å². The summed E-state index contributed by atoms with van der Waals surface area (Å²) in [6, 6.07) is 0. The van der Waals surface area contributed by atoms with Gasteiger partial charge in [0.05, 0.1) is 0 Å². The quantitative estimate of drug-likeness (QED) is 0.424. The number of rotatable bonds is 0. The molecule has 0 unspecified atom stereocenters. The smallest absolute Gasteiger partial charge is 0.240 e. The topological polar surface area (TPSA) is 60.8 Å². The van der Waals surface area contributed by atoms with E-state index in [-0.39, 0.29) is 11.6 Å². The van der Waals surface area contributed by atoms with Gasteiger partial charge < -0.3 is 21.2 Å². The summed E-state index contributed by atoms with van der Waals surface area (Å²) in [6.07, 6.45) is 0. The zero-order chi connectivity index (χ0) is 6.57. The Labute approximate surface area is 47.0 Å². The Hall–Kier alpha value is -1.68. The first kappa shape index (κ1) is 6.32. The Balaban J connectivity index is 4.41. The molecule has 8 heavy (non-hydrogen) atoms. The molecule has 0 heterocycles. The zero-order valence-corrected chi connectivity index (χ0v) is 4.05. The van der Waals surface area contributed by atoms with Crippen LogP contribution in [-0.2, 0) is 0 Å². The van der Waals surface area contributed by atoms with Crippen molar-refractivity contribution in [2.24, 2.45) is 11.5 Å². The summed E-state index contributed by atoms with van der Waals surface area (Å²) in [7, 11) is 0. The molecule has 0 aromatic carbocycles. The highest BCUT2D eigenvalue weighted by Crippen LogP contribution is 1.91. The molecule has 0 aliphatic heterocycles. The van der Waals surface area contributed by atoms with Gasteiger partial charge in [-0.25, -0.2) is 0 Å². The number of hydrogen-bond acceptors (Lipinski definition) is 2. The monoisotopic (exact) mass is 108 g/mol. The van der Waals surface area contributed by atoms with E-state index in [9.17, 15) is 0 Å². The van der Waals surface area contributed by atoms with Crippen LogP contribution in [-0.4, -0.2) is 0 Å². The van der Waals surface area contributed by atoms with Crippen LogP contribution in [0.3, 0.4) is 0 Å². The van der Waals surface area contributed by atoms with E-state index in [1.165, 1.54) is 0 Å². The number of nitrogens with zero attached hydrogens (tertiary/aromatic N) is 2. The van der Waals surface area contributed by atoms with Crippen LogP contribution in [0, 0.1) is 13.1 Å². The van der Waals surface area contributed by atoms with Gasteiger partial charge in [-0.2, -0.15) is 0 Å². The maximum atomic E-state index is 6.26. The molecule has 0 atom stereocenters. The molecule has 0 radical (unpaired) electrons. The Kier molecular flexibility index (Phi) is 1.96. The van der Waals surface area contributed by atoms with Crippen LogP contribution in [0.2, 0.25) is 0 Å². The molecule has 0 aliphatic rings. The van der Waals surface area contributed by atoms with E-state index in [0.29, 0.717) is 0 Å². The van der Waals surface area contributed by atoms with Crippen LogP contribution < -0.4 is 11.5 Å². The summed E-state index contributed by atoms with van der Waals surface area (Å²) < 4.78 is 0. The van der Waals surface area contributed by atoms with Crippen molar-refractivity contribution in [2.75, 3.05) is 0 Å². The minimum absolute atomic E-state index is 0.236. The molecular weight excluding hydrogens is 104 g/mol. The third kappa shape index (κ3) is 1.19. The van der Waals surface area contributed by atoms with Crippen molar-refractivity contribution in [1.82, 2.24) is 0 Å². The van der Waals surface area contributed by atoms with E-state index in [4.69, 9.17) is 24.6 Å².